The molecule has 1 aliphatic carbocycles. The zero-order valence-electron chi connectivity index (χ0n) is 9.97. The highest BCUT2D eigenvalue weighted by Crippen LogP contribution is 2.34. The molecule has 4 nitrogen and oxygen atoms in total. The van der Waals surface area contributed by atoms with Gasteiger partial charge in [0.15, 0.2) is 0 Å². The third kappa shape index (κ3) is 4.06. The van der Waals surface area contributed by atoms with Crippen LogP contribution in [0.1, 0.15) is 12.8 Å². The highest BCUT2D eigenvalue weighted by molar-refractivity contribution is 9.10. The third-order valence-corrected chi connectivity index (χ3v) is 5.88. The molecule has 2 rings (SSSR count). The molecule has 0 aliphatic heterocycles. The first kappa shape index (κ1) is 17.2. The molecule has 108 valence electrons. The van der Waals surface area contributed by atoms with Gasteiger partial charge in [0.1, 0.15) is 4.90 Å². The molecule has 0 radical (unpaired) electrons. The summed E-state index contributed by atoms with van der Waals surface area (Å²) < 4.78 is 27.7. The molecule has 0 saturated heterocycles. The summed E-state index contributed by atoms with van der Waals surface area (Å²) in [7, 11) is -3.65. The largest absolute Gasteiger partial charge is 0.329 e. The molecule has 0 bridgehead atoms. The van der Waals surface area contributed by atoms with Gasteiger partial charge in [-0.15, -0.1) is 12.4 Å². The van der Waals surface area contributed by atoms with Crippen LogP contribution in [-0.2, 0) is 10.0 Å². The Hall–Kier alpha value is 0.150. The van der Waals surface area contributed by atoms with Crippen molar-refractivity contribution in [2.45, 2.75) is 23.8 Å². The van der Waals surface area contributed by atoms with Crippen LogP contribution in [0, 0.1) is 5.92 Å². The number of sulfonamides is 1. The monoisotopic (exact) mass is 388 g/mol. The van der Waals surface area contributed by atoms with Crippen molar-refractivity contribution >= 4 is 50.0 Å². The van der Waals surface area contributed by atoms with Gasteiger partial charge in [0.05, 0.1) is 5.02 Å². The van der Waals surface area contributed by atoms with Crippen molar-refractivity contribution in [1.82, 2.24) is 4.72 Å². The Morgan fingerprint density at radius 2 is 2.11 bits per heavy atom. The molecule has 1 fully saturated rings. The first-order chi connectivity index (χ1) is 8.45. The summed E-state index contributed by atoms with van der Waals surface area (Å²) >= 11 is 9.17. The lowest BCUT2D eigenvalue weighted by Crippen LogP contribution is -2.41. The second-order valence-corrected chi connectivity index (χ2v) is 7.26. The molecule has 8 heteroatoms. The summed E-state index contributed by atoms with van der Waals surface area (Å²) in [4.78, 5) is 0.0748. The van der Waals surface area contributed by atoms with Gasteiger partial charge in [-0.25, -0.2) is 13.1 Å². The summed E-state index contributed by atoms with van der Waals surface area (Å²) in [6, 6.07) is 4.68. The number of nitrogens with two attached hydrogens (primary N) is 1. The van der Waals surface area contributed by atoms with E-state index >= 15 is 0 Å². The van der Waals surface area contributed by atoms with Crippen molar-refractivity contribution in [1.29, 1.82) is 0 Å². The van der Waals surface area contributed by atoms with E-state index in [1.165, 1.54) is 0 Å². The smallest absolute Gasteiger partial charge is 0.243 e. The molecule has 0 amide bonds. The van der Waals surface area contributed by atoms with Crippen LogP contribution < -0.4 is 10.5 Å². The maximum absolute atomic E-state index is 12.3. The Bertz CT molecular complexity index is 529. The van der Waals surface area contributed by atoms with Gasteiger partial charge < -0.3 is 5.73 Å². The molecule has 1 aromatic rings. The fourth-order valence-electron chi connectivity index (χ4n) is 1.83. The lowest BCUT2D eigenvalue weighted by Gasteiger charge is -2.17. The summed E-state index contributed by atoms with van der Waals surface area (Å²) in [5.74, 6) is 0.353. The van der Waals surface area contributed by atoms with Crippen LogP contribution in [-0.4, -0.2) is 21.0 Å². The van der Waals surface area contributed by atoms with Gasteiger partial charge in [-0.05, 0) is 46.8 Å². The van der Waals surface area contributed by atoms with Gasteiger partial charge in [0.25, 0.3) is 0 Å². The molecule has 0 aromatic heterocycles. The van der Waals surface area contributed by atoms with Crippen molar-refractivity contribution in [2.75, 3.05) is 6.54 Å². The zero-order chi connectivity index (χ0) is 13.3. The number of hydrogen-bond acceptors (Lipinski definition) is 3. The lowest BCUT2D eigenvalue weighted by molar-refractivity contribution is 0.519. The van der Waals surface area contributed by atoms with Crippen LogP contribution in [0.4, 0.5) is 0 Å². The van der Waals surface area contributed by atoms with E-state index < -0.39 is 10.0 Å². The van der Waals surface area contributed by atoms with Gasteiger partial charge in [-0.3, -0.25) is 0 Å². The minimum Gasteiger partial charge on any atom is -0.329 e. The van der Waals surface area contributed by atoms with Crippen molar-refractivity contribution in [2.24, 2.45) is 11.7 Å². The van der Waals surface area contributed by atoms with Crippen LogP contribution in [0.2, 0.25) is 5.02 Å². The molecule has 1 aromatic carbocycles. The van der Waals surface area contributed by atoms with Crippen LogP contribution in [0.3, 0.4) is 0 Å². The van der Waals surface area contributed by atoms with Crippen molar-refractivity contribution in [3.8, 4) is 0 Å². The normalized spacial score (nSPS) is 16.8. The van der Waals surface area contributed by atoms with Crippen molar-refractivity contribution in [3.05, 3.63) is 27.7 Å². The Balaban J connectivity index is 0.00000180. The van der Waals surface area contributed by atoms with Gasteiger partial charge >= 0.3 is 0 Å². The van der Waals surface area contributed by atoms with Crippen molar-refractivity contribution < 1.29 is 8.42 Å². The minimum absolute atomic E-state index is 0. The summed E-state index contributed by atoms with van der Waals surface area (Å²) in [5.41, 5.74) is 5.60. The molecule has 0 spiro atoms. The average molecular weight is 390 g/mol. The molecular formula is C11H15BrCl2N2O2S. The second kappa shape index (κ2) is 6.74. The quantitative estimate of drug-likeness (QED) is 0.812. The summed E-state index contributed by atoms with van der Waals surface area (Å²) in [6.07, 6.45) is 2.04. The topological polar surface area (TPSA) is 72.2 Å². The fourth-order valence-corrected chi connectivity index (χ4v) is 4.89. The van der Waals surface area contributed by atoms with Gasteiger partial charge in [-0.2, -0.15) is 0 Å². The molecule has 1 saturated carbocycles. The molecule has 1 atom stereocenters. The number of rotatable bonds is 5. The Morgan fingerprint density at radius 1 is 1.47 bits per heavy atom. The van der Waals surface area contributed by atoms with Crippen LogP contribution in [0.5, 0.6) is 0 Å². The number of nitrogens with one attached hydrogen (secondary N) is 1. The lowest BCUT2D eigenvalue weighted by atomic mass is 10.2. The number of hydrogen-bond donors (Lipinski definition) is 2. The van der Waals surface area contributed by atoms with E-state index in [0.717, 1.165) is 12.8 Å². The fraction of sp³-hybridized carbons (Fsp3) is 0.455. The first-order valence-corrected chi connectivity index (χ1v) is 8.27. The SMILES string of the molecule is Cl.NCC(NS(=O)(=O)c1c(Cl)cccc1Br)C1CC1. The summed E-state index contributed by atoms with van der Waals surface area (Å²) in [6.45, 7) is 0.298. The standard InChI is InChI=1S/C11H14BrClN2O2S.ClH/c12-8-2-1-3-9(13)11(8)18(16,17)15-10(6-14)7-4-5-7;/h1-3,7,10,15H,4-6,14H2;1H. The molecule has 1 unspecified atom stereocenters. The molecule has 0 heterocycles. The van der Waals surface area contributed by atoms with E-state index in [2.05, 4.69) is 20.7 Å². The molecule has 3 N–H and O–H groups in total. The van der Waals surface area contributed by atoms with Gasteiger partial charge in [-0.1, -0.05) is 17.7 Å². The first-order valence-electron chi connectivity index (χ1n) is 5.62. The Kier molecular flexibility index (Phi) is 6.10. The van der Waals surface area contributed by atoms with E-state index in [1.54, 1.807) is 18.2 Å². The van der Waals surface area contributed by atoms with E-state index in [1.807, 2.05) is 0 Å². The molecule has 19 heavy (non-hydrogen) atoms. The van der Waals surface area contributed by atoms with Gasteiger partial charge in [0, 0.05) is 17.1 Å². The highest BCUT2D eigenvalue weighted by Gasteiger charge is 2.34. The van der Waals surface area contributed by atoms with E-state index in [4.69, 9.17) is 17.3 Å². The summed E-state index contributed by atoms with van der Waals surface area (Å²) in [5, 5.41) is 0.198. The van der Waals surface area contributed by atoms with E-state index in [9.17, 15) is 8.42 Å². The predicted molar refractivity (Wildman–Crippen MR) is 82.3 cm³/mol. The molecular weight excluding hydrogens is 375 g/mol. The number of halogens is 3. The van der Waals surface area contributed by atoms with Crippen LogP contribution >= 0.6 is 39.9 Å². The van der Waals surface area contributed by atoms with Gasteiger partial charge in [0.2, 0.25) is 10.0 Å². The zero-order valence-corrected chi connectivity index (χ0v) is 13.9. The molecule has 1 aliphatic rings. The Labute approximate surface area is 132 Å². The van der Waals surface area contributed by atoms with Crippen molar-refractivity contribution in [3.63, 3.8) is 0 Å². The maximum Gasteiger partial charge on any atom is 0.243 e. The van der Waals surface area contributed by atoms with Crippen LogP contribution in [0.15, 0.2) is 27.6 Å². The van der Waals surface area contributed by atoms with Crippen LogP contribution in [0.25, 0.3) is 0 Å². The van der Waals surface area contributed by atoms with E-state index in [-0.39, 0.29) is 28.4 Å². The maximum atomic E-state index is 12.3. The highest BCUT2D eigenvalue weighted by atomic mass is 79.9. The van der Waals surface area contributed by atoms with E-state index in [0.29, 0.717) is 16.9 Å². The third-order valence-electron chi connectivity index (χ3n) is 2.94. The number of benzene rings is 1. The minimum atomic E-state index is -3.65. The second-order valence-electron chi connectivity index (χ2n) is 4.35. The Morgan fingerprint density at radius 3 is 2.58 bits per heavy atom. The predicted octanol–water partition coefficient (Wildman–Crippen LogP) is 2.54. The average Bonchev–Trinajstić information content (AvgIpc) is 3.09.